The van der Waals surface area contributed by atoms with Crippen molar-refractivity contribution in [3.05, 3.63) is 58.1 Å². The van der Waals surface area contributed by atoms with Gasteiger partial charge < -0.3 is 34.6 Å². The number of rotatable bonds is 7. The van der Waals surface area contributed by atoms with Crippen LogP contribution in [-0.4, -0.2) is 70.6 Å². The van der Waals surface area contributed by atoms with Gasteiger partial charge in [-0.15, -0.1) is 0 Å². The summed E-state index contributed by atoms with van der Waals surface area (Å²) in [5.74, 6) is -4.52. The lowest BCUT2D eigenvalue weighted by Gasteiger charge is -2.35. The minimum Gasteiger partial charge on any atom is -0.503 e. The molecular formula is C29H38F3N5O7. The second-order valence-electron chi connectivity index (χ2n) is 12.4. The van der Waals surface area contributed by atoms with Gasteiger partial charge in [0.05, 0.1) is 25.4 Å². The van der Waals surface area contributed by atoms with Crippen LogP contribution in [0.4, 0.5) is 18.0 Å². The van der Waals surface area contributed by atoms with E-state index in [1.165, 1.54) is 12.1 Å². The number of halogens is 3. The molecule has 15 heteroatoms. The summed E-state index contributed by atoms with van der Waals surface area (Å²) in [6, 6.07) is 1.11. The van der Waals surface area contributed by atoms with Crippen LogP contribution in [0.1, 0.15) is 70.9 Å². The Bertz CT molecular complexity index is 1370. The van der Waals surface area contributed by atoms with Gasteiger partial charge in [-0.25, -0.2) is 23.4 Å². The van der Waals surface area contributed by atoms with Crippen LogP contribution in [0.2, 0.25) is 0 Å². The predicted octanol–water partition coefficient (Wildman–Crippen LogP) is 3.86. The molecule has 1 saturated heterocycles. The van der Waals surface area contributed by atoms with Gasteiger partial charge in [-0.2, -0.15) is 5.53 Å². The van der Waals surface area contributed by atoms with Crippen LogP contribution in [0.15, 0.2) is 40.3 Å². The Hall–Kier alpha value is -3.69. The van der Waals surface area contributed by atoms with E-state index in [1.807, 2.05) is 20.8 Å². The summed E-state index contributed by atoms with van der Waals surface area (Å²) in [6.07, 6.45) is 2.18. The van der Waals surface area contributed by atoms with Gasteiger partial charge in [0, 0.05) is 24.4 Å². The maximum Gasteiger partial charge on any atom is 0.407 e. The number of nitrogens with one attached hydrogen (secondary N) is 3. The van der Waals surface area contributed by atoms with Crippen molar-refractivity contribution < 1.29 is 47.2 Å². The number of hydrogen-bond donors (Lipinski definition) is 5. The zero-order valence-corrected chi connectivity index (χ0v) is 25.0. The number of alkyl carbamates (subject to hydrolysis) is 1. The van der Waals surface area contributed by atoms with Crippen molar-refractivity contribution >= 4 is 11.8 Å². The molecule has 1 spiro atoms. The number of aliphatic hydroxyl groups excluding tert-OH is 2. The van der Waals surface area contributed by atoms with Crippen LogP contribution in [0, 0.1) is 17.5 Å². The lowest BCUT2D eigenvalue weighted by atomic mass is 9.79. The second kappa shape index (κ2) is 12.4. The fourth-order valence-corrected chi connectivity index (χ4v) is 5.93. The van der Waals surface area contributed by atoms with Crippen LogP contribution in [0.25, 0.3) is 0 Å². The van der Waals surface area contributed by atoms with E-state index in [2.05, 4.69) is 21.4 Å². The molecule has 0 aromatic heterocycles. The average molecular weight is 626 g/mol. The van der Waals surface area contributed by atoms with E-state index in [0.717, 1.165) is 12.1 Å². The number of nitrogens with zero attached hydrogens (tertiary/aromatic N) is 2. The number of benzene rings is 1. The number of aliphatic hydroxyl groups is 2. The third kappa shape index (κ3) is 6.54. The van der Waals surface area contributed by atoms with Crippen LogP contribution in [-0.2, 0) is 19.0 Å². The van der Waals surface area contributed by atoms with E-state index in [1.54, 1.807) is 0 Å². The number of amides is 1. The number of ether oxygens (including phenoxy) is 3. The van der Waals surface area contributed by atoms with Crippen molar-refractivity contribution in [3.8, 4) is 0 Å². The summed E-state index contributed by atoms with van der Waals surface area (Å²) < 4.78 is 58.8. The molecule has 2 fully saturated rings. The average Bonchev–Trinajstić information content (AvgIpc) is 3.60. The Kier molecular flexibility index (Phi) is 8.92. The highest BCUT2D eigenvalue weighted by molar-refractivity contribution is 5.87. The first kappa shape index (κ1) is 31.7. The molecule has 242 valence electrons. The van der Waals surface area contributed by atoms with Gasteiger partial charge in [0.1, 0.15) is 23.5 Å². The first-order valence-corrected chi connectivity index (χ1v) is 14.5. The highest BCUT2D eigenvalue weighted by atomic mass is 19.2. The molecule has 5 rings (SSSR count). The molecule has 1 aliphatic carbocycles. The van der Waals surface area contributed by atoms with E-state index in [-0.39, 0.29) is 41.8 Å². The molecular weight excluding hydrogens is 587 g/mol. The fourth-order valence-electron chi connectivity index (χ4n) is 5.93. The fraction of sp³-hybridized carbons (Fsp3) is 0.586. The summed E-state index contributed by atoms with van der Waals surface area (Å²) >= 11 is 0. The third-order valence-corrected chi connectivity index (χ3v) is 8.04. The first-order valence-electron chi connectivity index (χ1n) is 14.5. The first-order chi connectivity index (χ1) is 20.8. The monoisotopic (exact) mass is 625 g/mol. The van der Waals surface area contributed by atoms with Crippen molar-refractivity contribution in [2.24, 2.45) is 5.16 Å². The molecule has 1 aromatic rings. The normalized spacial score (nSPS) is 27.3. The van der Waals surface area contributed by atoms with E-state index in [4.69, 9.17) is 19.0 Å². The molecule has 0 bridgehead atoms. The zero-order valence-electron chi connectivity index (χ0n) is 25.0. The standard InChI is InChI=1S/C29H38F3N5O7/c1-28(2,3)43-27(40)33-15-7-9-29(10-8-15)12-16(35-44-29)11-20-26(41-4)24(25(39)21(14-38)42-20)37-13-19(34-36-37)17-5-6-18(30)23(32)22(17)31/h5-6,15,19-20,34,36,38-39H,7-14H2,1-4H3,(H,33,40)/t15?,19-,20-,29?/m1/s1. The van der Waals surface area contributed by atoms with Crippen LogP contribution in [0.5, 0.6) is 0 Å². The minimum atomic E-state index is -1.58. The summed E-state index contributed by atoms with van der Waals surface area (Å²) in [6.45, 7) is 4.79. The molecule has 0 unspecified atom stereocenters. The van der Waals surface area contributed by atoms with E-state index in [9.17, 15) is 28.2 Å². The van der Waals surface area contributed by atoms with Crippen molar-refractivity contribution in [2.45, 2.75) is 88.7 Å². The number of methoxy groups -OCH3 is 1. The van der Waals surface area contributed by atoms with Gasteiger partial charge in [0.25, 0.3) is 0 Å². The van der Waals surface area contributed by atoms with Gasteiger partial charge in [-0.1, -0.05) is 11.2 Å². The summed E-state index contributed by atoms with van der Waals surface area (Å²) in [4.78, 5) is 18.1. The number of hydrazine groups is 2. The molecule has 44 heavy (non-hydrogen) atoms. The number of oxime groups is 1. The van der Waals surface area contributed by atoms with E-state index >= 15 is 0 Å². The summed E-state index contributed by atoms with van der Waals surface area (Å²) in [5, 5.41) is 29.6. The SMILES string of the molecule is COC1=C(N2C[C@H](c3ccc(F)c(F)c3F)NN2)C(O)=C(CO)O[C@@H]1CC1=NOC2(CCC(NC(=O)OC(C)(C)C)CC2)C1. The summed E-state index contributed by atoms with van der Waals surface area (Å²) in [7, 11) is 1.40. The van der Waals surface area contributed by atoms with Crippen molar-refractivity contribution in [3.63, 3.8) is 0 Å². The molecule has 1 aromatic carbocycles. The molecule has 4 aliphatic rings. The van der Waals surface area contributed by atoms with Crippen molar-refractivity contribution in [1.29, 1.82) is 0 Å². The van der Waals surface area contributed by atoms with Crippen LogP contribution in [0.3, 0.4) is 0 Å². The minimum absolute atomic E-state index is 0.0225. The number of hydrogen-bond acceptors (Lipinski definition) is 11. The van der Waals surface area contributed by atoms with Crippen molar-refractivity contribution in [1.82, 2.24) is 21.3 Å². The number of carbonyl (C=O) groups excluding carboxylic acids is 1. The Morgan fingerprint density at radius 3 is 2.61 bits per heavy atom. The predicted molar refractivity (Wildman–Crippen MR) is 150 cm³/mol. The molecule has 1 saturated carbocycles. The quantitative estimate of drug-likeness (QED) is 0.283. The lowest BCUT2D eigenvalue weighted by molar-refractivity contribution is -0.0505. The maximum absolute atomic E-state index is 14.5. The Labute approximate surface area is 252 Å². The molecule has 0 radical (unpaired) electrons. The molecule has 2 atom stereocenters. The highest BCUT2D eigenvalue weighted by Gasteiger charge is 2.45. The van der Waals surface area contributed by atoms with Crippen molar-refractivity contribution in [2.75, 3.05) is 20.3 Å². The van der Waals surface area contributed by atoms with Gasteiger partial charge in [-0.3, -0.25) is 5.01 Å². The van der Waals surface area contributed by atoms with Gasteiger partial charge in [0.2, 0.25) is 0 Å². The number of carbonyl (C=O) groups is 1. The third-order valence-electron chi connectivity index (χ3n) is 8.04. The Balaban J connectivity index is 1.26. The topological polar surface area (TPSA) is 146 Å². The van der Waals surface area contributed by atoms with Crippen LogP contribution < -0.4 is 16.3 Å². The second-order valence-corrected chi connectivity index (χ2v) is 12.4. The Morgan fingerprint density at radius 2 is 1.95 bits per heavy atom. The Morgan fingerprint density at radius 1 is 1.23 bits per heavy atom. The molecule has 1 amide bonds. The van der Waals surface area contributed by atoms with Gasteiger partial charge in [-0.05, 0) is 52.5 Å². The zero-order chi connectivity index (χ0) is 31.8. The summed E-state index contributed by atoms with van der Waals surface area (Å²) in [5.41, 5.74) is 5.19. The smallest absolute Gasteiger partial charge is 0.407 e. The molecule has 12 nitrogen and oxygen atoms in total. The molecule has 5 N–H and O–H groups in total. The van der Waals surface area contributed by atoms with E-state index < -0.39 is 59.3 Å². The molecule has 3 aliphatic heterocycles. The van der Waals surface area contributed by atoms with E-state index in [0.29, 0.717) is 37.8 Å². The highest BCUT2D eigenvalue weighted by Crippen LogP contribution is 2.41. The molecule has 3 heterocycles. The maximum atomic E-state index is 14.5. The van der Waals surface area contributed by atoms with Gasteiger partial charge in [0.15, 0.2) is 40.8 Å². The van der Waals surface area contributed by atoms with Crippen LogP contribution >= 0.6 is 0 Å². The van der Waals surface area contributed by atoms with Gasteiger partial charge >= 0.3 is 6.09 Å². The lowest BCUT2D eigenvalue weighted by Crippen LogP contribution is -2.45. The largest absolute Gasteiger partial charge is 0.503 e.